The van der Waals surface area contributed by atoms with Crippen molar-refractivity contribution in [2.24, 2.45) is 0 Å². The predicted molar refractivity (Wildman–Crippen MR) is 168 cm³/mol. The van der Waals surface area contributed by atoms with E-state index in [4.69, 9.17) is 24.7 Å². The molecule has 1 unspecified atom stereocenters. The molecule has 5 rings (SSSR count). The molecule has 0 bridgehead atoms. The average Bonchev–Trinajstić information content (AvgIpc) is 3.70. The molecule has 240 valence electrons. The van der Waals surface area contributed by atoms with Gasteiger partial charge in [0.15, 0.2) is 22.9 Å². The summed E-state index contributed by atoms with van der Waals surface area (Å²) in [5.41, 5.74) is 1.80. The molecule has 47 heavy (non-hydrogen) atoms. The van der Waals surface area contributed by atoms with Gasteiger partial charge in [0.05, 0.1) is 4.90 Å². The second kappa shape index (κ2) is 13.6. The predicted octanol–water partition coefficient (Wildman–Crippen LogP) is 4.84. The lowest BCUT2D eigenvalue weighted by Gasteiger charge is -2.22. The maximum atomic E-state index is 13.7. The van der Waals surface area contributed by atoms with Gasteiger partial charge in [0.2, 0.25) is 18.8 Å². The lowest BCUT2D eigenvalue weighted by atomic mass is 10.0. The van der Waals surface area contributed by atoms with Crippen molar-refractivity contribution in [1.29, 1.82) is 10.5 Å². The van der Waals surface area contributed by atoms with Crippen LogP contribution in [-0.2, 0) is 21.2 Å². The number of hydrogen-bond donors (Lipinski definition) is 3. The highest BCUT2D eigenvalue weighted by Crippen LogP contribution is 2.36. The second-order valence-corrected chi connectivity index (χ2v) is 12.5. The summed E-state index contributed by atoms with van der Waals surface area (Å²) in [6.07, 6.45) is -0.343. The minimum Gasteiger partial charge on any atom is -0.475 e. The number of ether oxygens (including phenoxy) is 3. The van der Waals surface area contributed by atoms with E-state index in [1.54, 1.807) is 48.5 Å². The van der Waals surface area contributed by atoms with Crippen LogP contribution >= 0.6 is 0 Å². The maximum absolute atomic E-state index is 13.7. The Morgan fingerprint density at radius 3 is 2.38 bits per heavy atom. The molecule has 2 amide bonds. The fraction of sp³-hybridized carbons (Fsp3) is 0.242. The summed E-state index contributed by atoms with van der Waals surface area (Å²) in [4.78, 5) is 33.2. The highest BCUT2D eigenvalue weighted by atomic mass is 32.2. The molecule has 1 aliphatic rings. The zero-order valence-corrected chi connectivity index (χ0v) is 26.5. The number of nitrogens with one attached hydrogen (secondary N) is 3. The molecule has 0 saturated carbocycles. The van der Waals surface area contributed by atoms with E-state index in [0.717, 1.165) is 5.56 Å². The quantitative estimate of drug-likeness (QED) is 0.201. The number of carbonyl (C=O) groups excluding carboxylic acids is 2. The minimum absolute atomic E-state index is 0.00487. The summed E-state index contributed by atoms with van der Waals surface area (Å²) in [5.74, 6) is -0.312. The second-order valence-electron chi connectivity index (χ2n) is 10.9. The lowest BCUT2D eigenvalue weighted by molar-refractivity contribution is -0.126. The van der Waals surface area contributed by atoms with Gasteiger partial charge in [-0.1, -0.05) is 45.4 Å². The minimum atomic E-state index is -4.27. The van der Waals surface area contributed by atoms with Gasteiger partial charge in [0.25, 0.3) is 21.8 Å². The van der Waals surface area contributed by atoms with Crippen LogP contribution < -0.4 is 24.2 Å². The molecule has 4 aromatic rings. The third kappa shape index (κ3) is 7.19. The van der Waals surface area contributed by atoms with Gasteiger partial charge in [-0.05, 0) is 65.9 Å². The fourth-order valence-corrected chi connectivity index (χ4v) is 5.81. The number of rotatable bonds is 11. The Morgan fingerprint density at radius 2 is 1.72 bits per heavy atom. The first-order chi connectivity index (χ1) is 22.5. The van der Waals surface area contributed by atoms with E-state index in [-0.39, 0.29) is 46.3 Å². The van der Waals surface area contributed by atoms with Gasteiger partial charge in [-0.25, -0.2) is 18.1 Å². The summed E-state index contributed by atoms with van der Waals surface area (Å²) in [5, 5.41) is 20.8. The zero-order chi connectivity index (χ0) is 33.7. The Morgan fingerprint density at radius 1 is 1.00 bits per heavy atom. The first-order valence-electron chi connectivity index (χ1n) is 14.6. The van der Waals surface area contributed by atoms with Gasteiger partial charge < -0.3 is 19.2 Å². The number of H-pyrrole nitrogens is 1. The van der Waals surface area contributed by atoms with Crippen molar-refractivity contribution in [2.75, 3.05) is 12.1 Å². The van der Waals surface area contributed by atoms with Crippen molar-refractivity contribution < 1.29 is 32.2 Å². The monoisotopic (exact) mass is 654 g/mol. The molecule has 14 heteroatoms. The normalized spacial score (nSPS) is 12.6. The average molecular weight is 655 g/mol. The SMILES string of the molecule is CCCc1cc(C(=O)Nc2nc(C#N)c(C#N)[nH]2)ccc1OC(C(=O)NS(=O)(=O)c1ccc(C(C)C)cc1)c1ccc2c(c1)OCO2. The summed E-state index contributed by atoms with van der Waals surface area (Å²) >= 11 is 0. The third-order valence-electron chi connectivity index (χ3n) is 7.27. The molecule has 0 aliphatic carbocycles. The van der Waals surface area contributed by atoms with E-state index in [1.165, 1.54) is 24.3 Å². The Bertz CT molecular complexity index is 1990. The molecule has 13 nitrogen and oxygen atoms in total. The molecule has 0 saturated heterocycles. The first-order valence-corrected chi connectivity index (χ1v) is 16.1. The van der Waals surface area contributed by atoms with E-state index in [1.807, 2.05) is 20.8 Å². The fourth-order valence-electron chi connectivity index (χ4n) is 4.83. The number of anilines is 1. The first kappa shape index (κ1) is 32.5. The number of aryl methyl sites for hydroxylation is 1. The standard InChI is InChI=1S/C33H30N6O7S/c1-4-5-21-14-23(31(40)38-33-36-25(16-34)26(17-35)37-33)9-12-27(21)46-30(22-8-13-28-29(15-22)45-18-44-28)32(41)39-47(42,43)24-10-6-20(7-11-24)19(2)3/h6-15,19,30H,4-5,18H2,1-3H3,(H,39,41)(H2,36,37,38,40). The Balaban J connectivity index is 1.45. The molecule has 0 radical (unpaired) electrons. The highest BCUT2D eigenvalue weighted by Gasteiger charge is 2.30. The molecule has 3 N–H and O–H groups in total. The van der Waals surface area contributed by atoms with Crippen LogP contribution in [0.1, 0.15) is 77.7 Å². The summed E-state index contributed by atoms with van der Waals surface area (Å²) in [6, 6.07) is 19.1. The summed E-state index contributed by atoms with van der Waals surface area (Å²) in [6.45, 7) is 5.89. The van der Waals surface area contributed by atoms with Crippen molar-refractivity contribution >= 4 is 27.8 Å². The van der Waals surface area contributed by atoms with Gasteiger partial charge >= 0.3 is 0 Å². The lowest BCUT2D eigenvalue weighted by Crippen LogP contribution is -2.37. The van der Waals surface area contributed by atoms with Crippen LogP contribution in [0, 0.1) is 22.7 Å². The van der Waals surface area contributed by atoms with Crippen LogP contribution in [0.15, 0.2) is 65.6 Å². The van der Waals surface area contributed by atoms with Gasteiger partial charge in [-0.3, -0.25) is 14.9 Å². The Labute approximate surface area is 271 Å². The number of fused-ring (bicyclic) bond motifs is 1. The number of benzene rings is 3. The number of aromatic amines is 1. The largest absolute Gasteiger partial charge is 0.475 e. The van der Waals surface area contributed by atoms with Crippen LogP contribution in [0.25, 0.3) is 0 Å². The molecule has 1 atom stereocenters. The molecule has 2 heterocycles. The number of nitriles is 2. The van der Waals surface area contributed by atoms with Gasteiger partial charge in [0.1, 0.15) is 17.9 Å². The van der Waals surface area contributed by atoms with Crippen molar-refractivity contribution in [3.8, 4) is 29.4 Å². The van der Waals surface area contributed by atoms with E-state index < -0.39 is 27.9 Å². The van der Waals surface area contributed by atoms with Gasteiger partial charge in [-0.2, -0.15) is 10.5 Å². The van der Waals surface area contributed by atoms with E-state index in [2.05, 4.69) is 20.0 Å². The van der Waals surface area contributed by atoms with Gasteiger partial charge in [-0.15, -0.1) is 0 Å². The van der Waals surface area contributed by atoms with Crippen LogP contribution in [-0.4, -0.2) is 37.0 Å². The molecular formula is C33H30N6O7S. The van der Waals surface area contributed by atoms with Crippen molar-refractivity contribution in [3.63, 3.8) is 0 Å². The number of carbonyl (C=O) groups is 2. The topological polar surface area (TPSA) is 196 Å². The van der Waals surface area contributed by atoms with Crippen molar-refractivity contribution in [1.82, 2.24) is 14.7 Å². The number of imidazole rings is 1. The van der Waals surface area contributed by atoms with E-state index in [0.29, 0.717) is 35.5 Å². The Kier molecular flexibility index (Phi) is 9.44. The summed E-state index contributed by atoms with van der Waals surface area (Å²) < 4.78 is 45.8. The van der Waals surface area contributed by atoms with Crippen LogP contribution in [0.3, 0.4) is 0 Å². The maximum Gasteiger partial charge on any atom is 0.279 e. The number of aromatic nitrogens is 2. The molecule has 0 spiro atoms. The Hall–Kier alpha value is -5.86. The van der Waals surface area contributed by atoms with Crippen LogP contribution in [0.5, 0.6) is 17.2 Å². The summed E-state index contributed by atoms with van der Waals surface area (Å²) in [7, 11) is -4.27. The molecule has 0 fully saturated rings. The van der Waals surface area contributed by atoms with Crippen molar-refractivity contribution in [3.05, 3.63) is 94.3 Å². The number of nitrogens with zero attached hydrogens (tertiary/aromatic N) is 3. The zero-order valence-electron chi connectivity index (χ0n) is 25.7. The van der Waals surface area contributed by atoms with Gasteiger partial charge in [0, 0.05) is 11.1 Å². The number of hydrogen-bond acceptors (Lipinski definition) is 10. The molecule has 1 aliphatic heterocycles. The number of sulfonamides is 1. The third-order valence-corrected chi connectivity index (χ3v) is 8.63. The number of amides is 2. The molecule has 3 aromatic carbocycles. The highest BCUT2D eigenvalue weighted by molar-refractivity contribution is 7.90. The smallest absolute Gasteiger partial charge is 0.279 e. The van der Waals surface area contributed by atoms with E-state index >= 15 is 0 Å². The molecular weight excluding hydrogens is 624 g/mol. The molecule has 1 aromatic heterocycles. The van der Waals surface area contributed by atoms with Crippen molar-refractivity contribution in [2.45, 2.75) is 50.5 Å². The van der Waals surface area contributed by atoms with Crippen LogP contribution in [0.2, 0.25) is 0 Å². The van der Waals surface area contributed by atoms with Crippen LogP contribution in [0.4, 0.5) is 5.95 Å². The van der Waals surface area contributed by atoms with E-state index in [9.17, 15) is 18.0 Å².